The van der Waals surface area contributed by atoms with Crippen LogP contribution in [0.15, 0.2) is 24.3 Å². The average Bonchev–Trinajstić information content (AvgIpc) is 2.67. The van der Waals surface area contributed by atoms with Gasteiger partial charge in [-0.15, -0.1) is 0 Å². The molecule has 0 aromatic heterocycles. The van der Waals surface area contributed by atoms with Gasteiger partial charge in [0.15, 0.2) is 0 Å². The number of aliphatic hydroxyl groups is 2. The van der Waals surface area contributed by atoms with Crippen LogP contribution in [0.3, 0.4) is 0 Å². The normalized spacial score (nSPS) is 49.6. The van der Waals surface area contributed by atoms with Crippen molar-refractivity contribution in [2.45, 2.75) is 44.0 Å². The first-order valence-corrected chi connectivity index (χ1v) is 6.82. The first-order chi connectivity index (χ1) is 8.84. The molecule has 0 amide bonds. The molecule has 0 bridgehead atoms. The maximum atomic E-state index is 11.7. The standard InChI is InChI=1S/C15H20O4/c1-7-4-5-9-8(2)14(17)19-13(9)12-10(7)6-11(16)15(12,3)18/h9-13,16,18H,1-2,4-6H2,3H3. The lowest BCUT2D eigenvalue weighted by Gasteiger charge is -2.35. The second-order valence-corrected chi connectivity index (χ2v) is 6.31. The number of esters is 1. The minimum atomic E-state index is -1.24. The van der Waals surface area contributed by atoms with Gasteiger partial charge in [-0.25, -0.2) is 4.79 Å². The Morgan fingerprint density at radius 3 is 2.74 bits per heavy atom. The molecule has 2 aliphatic carbocycles. The maximum Gasteiger partial charge on any atom is 0.334 e. The third-order valence-electron chi connectivity index (χ3n) is 5.26. The Kier molecular flexibility index (Phi) is 2.67. The molecule has 1 aliphatic heterocycles. The Balaban J connectivity index is 2.04. The molecule has 0 spiro atoms. The van der Waals surface area contributed by atoms with Crippen molar-refractivity contribution in [1.29, 1.82) is 0 Å². The van der Waals surface area contributed by atoms with Crippen LogP contribution in [0.4, 0.5) is 0 Å². The van der Waals surface area contributed by atoms with Crippen molar-refractivity contribution in [2.24, 2.45) is 17.8 Å². The summed E-state index contributed by atoms with van der Waals surface area (Å²) in [6.07, 6.45) is 0.889. The van der Waals surface area contributed by atoms with Gasteiger partial charge in [-0.05, 0) is 32.1 Å². The fourth-order valence-corrected chi connectivity index (χ4v) is 4.06. The van der Waals surface area contributed by atoms with Crippen LogP contribution in [-0.2, 0) is 9.53 Å². The number of hydrogen-bond donors (Lipinski definition) is 2. The van der Waals surface area contributed by atoms with Crippen molar-refractivity contribution in [1.82, 2.24) is 0 Å². The zero-order chi connectivity index (χ0) is 13.9. The highest BCUT2D eigenvalue weighted by molar-refractivity contribution is 5.90. The summed E-state index contributed by atoms with van der Waals surface area (Å²) in [5.41, 5.74) is 0.293. The van der Waals surface area contributed by atoms with Gasteiger partial charge < -0.3 is 14.9 Å². The van der Waals surface area contributed by atoms with Crippen LogP contribution >= 0.6 is 0 Å². The number of carbonyl (C=O) groups excluding carboxylic acids is 1. The summed E-state index contributed by atoms with van der Waals surface area (Å²) >= 11 is 0. The van der Waals surface area contributed by atoms with Gasteiger partial charge in [0.2, 0.25) is 0 Å². The molecule has 4 heteroatoms. The summed E-state index contributed by atoms with van der Waals surface area (Å²) in [7, 11) is 0. The Morgan fingerprint density at radius 1 is 1.37 bits per heavy atom. The SMILES string of the molecule is C=C1C(=O)OC2C1CCC(=C)C1CC(O)C(C)(O)C12. The molecule has 6 atom stereocenters. The van der Waals surface area contributed by atoms with Crippen molar-refractivity contribution in [2.75, 3.05) is 0 Å². The van der Waals surface area contributed by atoms with Crippen LogP contribution in [0.1, 0.15) is 26.2 Å². The molecule has 1 saturated heterocycles. The number of aliphatic hydroxyl groups excluding tert-OH is 1. The molecule has 3 fully saturated rings. The molecular formula is C15H20O4. The van der Waals surface area contributed by atoms with E-state index in [-0.39, 0.29) is 29.8 Å². The summed E-state index contributed by atoms with van der Waals surface area (Å²) in [6, 6.07) is 0. The van der Waals surface area contributed by atoms with Crippen molar-refractivity contribution in [3.63, 3.8) is 0 Å². The van der Waals surface area contributed by atoms with E-state index in [1.807, 2.05) is 0 Å². The number of hydrogen-bond acceptors (Lipinski definition) is 4. The quantitative estimate of drug-likeness (QED) is 0.392. The zero-order valence-corrected chi connectivity index (χ0v) is 11.1. The van der Waals surface area contributed by atoms with Crippen molar-refractivity contribution in [3.05, 3.63) is 24.3 Å². The Labute approximate surface area is 112 Å². The predicted octanol–water partition coefficient (Wildman–Crippen LogP) is 1.18. The van der Waals surface area contributed by atoms with E-state index in [0.29, 0.717) is 12.0 Å². The van der Waals surface area contributed by atoms with Gasteiger partial charge in [-0.2, -0.15) is 0 Å². The third kappa shape index (κ3) is 1.63. The second kappa shape index (κ2) is 3.93. The molecule has 0 aromatic carbocycles. The molecule has 1 heterocycles. The molecule has 2 N–H and O–H groups in total. The minimum Gasteiger partial charge on any atom is -0.458 e. The van der Waals surface area contributed by atoms with Crippen LogP contribution in [0.5, 0.6) is 0 Å². The fraction of sp³-hybridized carbons (Fsp3) is 0.667. The van der Waals surface area contributed by atoms with Gasteiger partial charge in [0.1, 0.15) is 6.10 Å². The van der Waals surface area contributed by atoms with Crippen molar-refractivity contribution < 1.29 is 19.7 Å². The van der Waals surface area contributed by atoms with Crippen LogP contribution in [-0.4, -0.2) is 34.0 Å². The lowest BCUT2D eigenvalue weighted by Crippen LogP contribution is -2.47. The Bertz CT molecular complexity index is 465. The summed E-state index contributed by atoms with van der Waals surface area (Å²) in [5.74, 6) is -0.695. The fourth-order valence-electron chi connectivity index (χ4n) is 4.06. The largest absolute Gasteiger partial charge is 0.458 e. The number of carbonyl (C=O) groups is 1. The smallest absolute Gasteiger partial charge is 0.334 e. The van der Waals surface area contributed by atoms with Gasteiger partial charge >= 0.3 is 5.97 Å². The van der Waals surface area contributed by atoms with Crippen LogP contribution < -0.4 is 0 Å². The lowest BCUT2D eigenvalue weighted by molar-refractivity contribution is -0.150. The van der Waals surface area contributed by atoms with Crippen molar-refractivity contribution in [3.8, 4) is 0 Å². The molecule has 6 unspecified atom stereocenters. The van der Waals surface area contributed by atoms with Crippen LogP contribution in [0, 0.1) is 17.8 Å². The molecule has 104 valence electrons. The highest BCUT2D eigenvalue weighted by atomic mass is 16.6. The average molecular weight is 264 g/mol. The molecule has 19 heavy (non-hydrogen) atoms. The highest BCUT2D eigenvalue weighted by Gasteiger charge is 2.60. The van der Waals surface area contributed by atoms with Gasteiger partial charge in [-0.3, -0.25) is 0 Å². The van der Waals surface area contributed by atoms with E-state index < -0.39 is 11.7 Å². The molecule has 2 saturated carbocycles. The van der Waals surface area contributed by atoms with Crippen LogP contribution in [0.2, 0.25) is 0 Å². The first-order valence-electron chi connectivity index (χ1n) is 6.82. The van der Waals surface area contributed by atoms with Crippen molar-refractivity contribution >= 4 is 5.97 Å². The van der Waals surface area contributed by atoms with Crippen LogP contribution in [0.25, 0.3) is 0 Å². The summed E-state index contributed by atoms with van der Waals surface area (Å²) in [4.78, 5) is 11.7. The third-order valence-corrected chi connectivity index (χ3v) is 5.26. The second-order valence-electron chi connectivity index (χ2n) is 6.31. The Hall–Kier alpha value is -1.13. The maximum absolute atomic E-state index is 11.7. The van der Waals surface area contributed by atoms with E-state index in [1.54, 1.807) is 6.92 Å². The summed E-state index contributed by atoms with van der Waals surface area (Å²) in [6.45, 7) is 9.55. The predicted molar refractivity (Wildman–Crippen MR) is 69.1 cm³/mol. The van der Waals surface area contributed by atoms with Gasteiger partial charge in [0, 0.05) is 17.4 Å². The molecular weight excluding hydrogens is 244 g/mol. The van der Waals surface area contributed by atoms with Gasteiger partial charge in [-0.1, -0.05) is 18.7 Å². The van der Waals surface area contributed by atoms with Gasteiger partial charge in [0.25, 0.3) is 0 Å². The molecule has 3 aliphatic rings. The number of fused-ring (bicyclic) bond motifs is 3. The minimum absolute atomic E-state index is 0.0127. The van der Waals surface area contributed by atoms with E-state index in [9.17, 15) is 15.0 Å². The number of allylic oxidation sites excluding steroid dienone is 1. The Morgan fingerprint density at radius 2 is 2.05 bits per heavy atom. The summed E-state index contributed by atoms with van der Waals surface area (Å²) in [5, 5.41) is 20.7. The highest BCUT2D eigenvalue weighted by Crippen LogP contribution is 2.53. The first kappa shape index (κ1) is 12.9. The summed E-state index contributed by atoms with van der Waals surface area (Å²) < 4.78 is 5.45. The van der Waals surface area contributed by atoms with E-state index >= 15 is 0 Å². The van der Waals surface area contributed by atoms with E-state index in [1.165, 1.54) is 0 Å². The topological polar surface area (TPSA) is 66.8 Å². The number of ether oxygens (including phenoxy) is 1. The van der Waals surface area contributed by atoms with Gasteiger partial charge in [0.05, 0.1) is 11.7 Å². The molecule has 4 nitrogen and oxygen atoms in total. The monoisotopic (exact) mass is 264 g/mol. The molecule has 0 aromatic rings. The molecule has 0 radical (unpaired) electrons. The van der Waals surface area contributed by atoms with E-state index in [2.05, 4.69) is 13.2 Å². The molecule has 3 rings (SSSR count). The van der Waals surface area contributed by atoms with E-state index in [4.69, 9.17) is 4.74 Å². The number of rotatable bonds is 0. The zero-order valence-electron chi connectivity index (χ0n) is 11.1. The van der Waals surface area contributed by atoms with E-state index in [0.717, 1.165) is 18.4 Å². The lowest BCUT2D eigenvalue weighted by atomic mass is 9.77.